The molecule has 0 aliphatic heterocycles. The standard InChI is InChI=1S/C14H24N4O/c1-6-18(8-12(2)3)14(19)11-16(4)9-13-7-15-17(5)10-13/h7,10H,2,6,8-9,11H2,1,3-5H3. The minimum absolute atomic E-state index is 0.136. The van der Waals surface area contributed by atoms with Crippen LogP contribution in [0, 0.1) is 0 Å². The molecule has 0 aromatic carbocycles. The molecule has 5 nitrogen and oxygen atoms in total. The number of rotatable bonds is 7. The molecule has 1 aromatic heterocycles. The van der Waals surface area contributed by atoms with Gasteiger partial charge in [0.25, 0.3) is 0 Å². The van der Waals surface area contributed by atoms with Crippen molar-refractivity contribution in [3.8, 4) is 0 Å². The van der Waals surface area contributed by atoms with E-state index < -0.39 is 0 Å². The summed E-state index contributed by atoms with van der Waals surface area (Å²) >= 11 is 0. The highest BCUT2D eigenvalue weighted by atomic mass is 16.2. The van der Waals surface area contributed by atoms with E-state index in [-0.39, 0.29) is 5.91 Å². The van der Waals surface area contributed by atoms with E-state index in [4.69, 9.17) is 0 Å². The lowest BCUT2D eigenvalue weighted by atomic mass is 10.3. The van der Waals surface area contributed by atoms with E-state index >= 15 is 0 Å². The van der Waals surface area contributed by atoms with E-state index in [2.05, 4.69) is 11.7 Å². The average Bonchev–Trinajstić information content (AvgIpc) is 2.70. The predicted octanol–water partition coefficient (Wildman–Crippen LogP) is 1.28. The summed E-state index contributed by atoms with van der Waals surface area (Å²) in [7, 11) is 3.83. The summed E-state index contributed by atoms with van der Waals surface area (Å²) in [4.78, 5) is 16.0. The Morgan fingerprint density at radius 2 is 2.16 bits per heavy atom. The summed E-state index contributed by atoms with van der Waals surface area (Å²) in [6, 6.07) is 0. The minimum atomic E-state index is 0.136. The summed E-state index contributed by atoms with van der Waals surface area (Å²) in [5, 5.41) is 4.12. The molecule has 0 atom stereocenters. The van der Waals surface area contributed by atoms with E-state index in [9.17, 15) is 4.79 Å². The van der Waals surface area contributed by atoms with E-state index in [1.165, 1.54) is 0 Å². The second-order valence-electron chi connectivity index (χ2n) is 5.06. The van der Waals surface area contributed by atoms with Crippen LogP contribution in [0.4, 0.5) is 0 Å². The number of aryl methyl sites for hydroxylation is 1. The summed E-state index contributed by atoms with van der Waals surface area (Å²) in [5.41, 5.74) is 2.12. The molecule has 0 fully saturated rings. The first-order chi connectivity index (χ1) is 8.92. The van der Waals surface area contributed by atoms with Crippen molar-refractivity contribution in [2.75, 3.05) is 26.7 Å². The van der Waals surface area contributed by atoms with Crippen LogP contribution in [0.15, 0.2) is 24.5 Å². The Morgan fingerprint density at radius 1 is 1.47 bits per heavy atom. The molecule has 19 heavy (non-hydrogen) atoms. The zero-order chi connectivity index (χ0) is 14.4. The van der Waals surface area contributed by atoms with Gasteiger partial charge in [-0.3, -0.25) is 14.4 Å². The molecule has 1 heterocycles. The topological polar surface area (TPSA) is 41.4 Å². The molecule has 0 aliphatic carbocycles. The lowest BCUT2D eigenvalue weighted by Gasteiger charge is -2.24. The number of hydrogen-bond acceptors (Lipinski definition) is 3. The molecule has 1 aromatic rings. The lowest BCUT2D eigenvalue weighted by molar-refractivity contribution is -0.131. The van der Waals surface area contributed by atoms with E-state index in [1.807, 2.05) is 50.1 Å². The third kappa shape index (κ3) is 5.26. The molecule has 1 rings (SSSR count). The quantitative estimate of drug-likeness (QED) is 0.697. The van der Waals surface area contributed by atoms with Gasteiger partial charge in [-0.1, -0.05) is 12.2 Å². The first-order valence-electron chi connectivity index (χ1n) is 6.50. The molecule has 0 bridgehead atoms. The zero-order valence-electron chi connectivity index (χ0n) is 12.4. The molecule has 0 N–H and O–H groups in total. The van der Waals surface area contributed by atoms with Crippen molar-refractivity contribution in [2.24, 2.45) is 7.05 Å². The number of nitrogens with zero attached hydrogens (tertiary/aromatic N) is 4. The third-order valence-electron chi connectivity index (χ3n) is 2.81. The van der Waals surface area contributed by atoms with Crippen LogP contribution in [0.5, 0.6) is 0 Å². The smallest absolute Gasteiger partial charge is 0.237 e. The highest BCUT2D eigenvalue weighted by Gasteiger charge is 2.14. The normalized spacial score (nSPS) is 10.8. The fourth-order valence-electron chi connectivity index (χ4n) is 1.95. The van der Waals surface area contributed by atoms with Gasteiger partial charge in [0.05, 0.1) is 12.7 Å². The maximum atomic E-state index is 12.1. The van der Waals surface area contributed by atoms with Crippen LogP contribution in [0.1, 0.15) is 19.4 Å². The molecule has 1 amide bonds. The van der Waals surface area contributed by atoms with Crippen LogP contribution in [-0.2, 0) is 18.4 Å². The maximum Gasteiger partial charge on any atom is 0.237 e. The Bertz CT molecular complexity index is 438. The van der Waals surface area contributed by atoms with E-state index in [1.54, 1.807) is 4.68 Å². The predicted molar refractivity (Wildman–Crippen MR) is 76.6 cm³/mol. The van der Waals surface area contributed by atoms with Crippen molar-refractivity contribution < 1.29 is 4.79 Å². The van der Waals surface area contributed by atoms with Crippen molar-refractivity contribution >= 4 is 5.91 Å². The summed E-state index contributed by atoms with van der Waals surface area (Å²) in [5.74, 6) is 0.136. The van der Waals surface area contributed by atoms with Gasteiger partial charge in [-0.25, -0.2) is 0 Å². The molecule has 5 heteroatoms. The van der Waals surface area contributed by atoms with Gasteiger partial charge < -0.3 is 4.90 Å². The summed E-state index contributed by atoms with van der Waals surface area (Å²) in [6.45, 7) is 10.3. The average molecular weight is 264 g/mol. The maximum absolute atomic E-state index is 12.1. The van der Waals surface area contributed by atoms with E-state index in [0.29, 0.717) is 19.6 Å². The van der Waals surface area contributed by atoms with Crippen LogP contribution in [0.2, 0.25) is 0 Å². The van der Waals surface area contributed by atoms with Gasteiger partial charge in [-0.2, -0.15) is 5.10 Å². The first-order valence-corrected chi connectivity index (χ1v) is 6.50. The van der Waals surface area contributed by atoms with Crippen molar-refractivity contribution in [3.05, 3.63) is 30.1 Å². The summed E-state index contributed by atoms with van der Waals surface area (Å²) in [6.07, 6.45) is 3.79. The highest BCUT2D eigenvalue weighted by Crippen LogP contribution is 2.03. The van der Waals surface area contributed by atoms with Crippen LogP contribution in [0.3, 0.4) is 0 Å². The zero-order valence-corrected chi connectivity index (χ0v) is 12.4. The molecule has 0 radical (unpaired) electrons. The summed E-state index contributed by atoms with van der Waals surface area (Å²) < 4.78 is 1.77. The van der Waals surface area contributed by atoms with Gasteiger partial charge in [-0.05, 0) is 20.9 Å². The minimum Gasteiger partial charge on any atom is -0.338 e. The van der Waals surface area contributed by atoms with E-state index in [0.717, 1.165) is 17.7 Å². The third-order valence-corrected chi connectivity index (χ3v) is 2.81. The number of carbonyl (C=O) groups is 1. The van der Waals surface area contributed by atoms with Crippen LogP contribution < -0.4 is 0 Å². The Morgan fingerprint density at radius 3 is 2.63 bits per heavy atom. The second kappa shape index (κ2) is 7.09. The Kier molecular flexibility index (Phi) is 5.76. The fourth-order valence-corrected chi connectivity index (χ4v) is 1.95. The second-order valence-corrected chi connectivity index (χ2v) is 5.06. The van der Waals surface area contributed by atoms with Crippen molar-refractivity contribution in [2.45, 2.75) is 20.4 Å². The number of hydrogen-bond donors (Lipinski definition) is 0. The Labute approximate surface area is 115 Å². The molecule has 106 valence electrons. The van der Waals surface area contributed by atoms with Gasteiger partial charge >= 0.3 is 0 Å². The molecule has 0 spiro atoms. The van der Waals surface area contributed by atoms with Gasteiger partial charge in [0.2, 0.25) is 5.91 Å². The lowest BCUT2D eigenvalue weighted by Crippen LogP contribution is -2.39. The largest absolute Gasteiger partial charge is 0.338 e. The van der Waals surface area contributed by atoms with Crippen LogP contribution in [0.25, 0.3) is 0 Å². The first kappa shape index (κ1) is 15.4. The Hall–Kier alpha value is -1.62. The number of likely N-dealkylation sites (N-methyl/N-ethyl adjacent to an activating group) is 2. The van der Waals surface area contributed by atoms with Crippen LogP contribution in [-0.4, -0.2) is 52.2 Å². The molecule has 0 saturated heterocycles. The number of carbonyl (C=O) groups excluding carboxylic acids is 1. The SMILES string of the molecule is C=C(C)CN(CC)C(=O)CN(C)Cc1cnn(C)c1. The number of amides is 1. The van der Waals surface area contributed by atoms with Gasteiger partial charge in [0.15, 0.2) is 0 Å². The van der Waals surface area contributed by atoms with Gasteiger partial charge in [0, 0.05) is 38.4 Å². The Balaban J connectivity index is 2.48. The van der Waals surface area contributed by atoms with Crippen molar-refractivity contribution in [1.82, 2.24) is 19.6 Å². The molecule has 0 aliphatic rings. The number of aromatic nitrogens is 2. The van der Waals surface area contributed by atoms with Gasteiger partial charge in [-0.15, -0.1) is 0 Å². The van der Waals surface area contributed by atoms with Crippen molar-refractivity contribution in [1.29, 1.82) is 0 Å². The van der Waals surface area contributed by atoms with Crippen LogP contribution >= 0.6 is 0 Å². The molecule has 0 saturated carbocycles. The highest BCUT2D eigenvalue weighted by molar-refractivity contribution is 5.78. The van der Waals surface area contributed by atoms with Gasteiger partial charge in [0.1, 0.15) is 0 Å². The fraction of sp³-hybridized carbons (Fsp3) is 0.571. The van der Waals surface area contributed by atoms with Crippen molar-refractivity contribution in [3.63, 3.8) is 0 Å². The molecule has 0 unspecified atom stereocenters. The monoisotopic (exact) mass is 264 g/mol. The molecular formula is C14H24N4O. The molecular weight excluding hydrogens is 240 g/mol.